The third-order valence-corrected chi connectivity index (χ3v) is 6.08. The summed E-state index contributed by atoms with van der Waals surface area (Å²) < 4.78 is 6.18. The summed E-state index contributed by atoms with van der Waals surface area (Å²) in [5.74, 6) is 1.54. The lowest BCUT2D eigenvalue weighted by Gasteiger charge is -2.30. The molecule has 0 amide bonds. The molecule has 0 heterocycles. The monoisotopic (exact) mass is 469 g/mol. The van der Waals surface area contributed by atoms with Gasteiger partial charge in [0.25, 0.3) is 0 Å². The number of benzene rings is 4. The van der Waals surface area contributed by atoms with Gasteiger partial charge in [-0.05, 0) is 106 Å². The number of rotatable bonds is 5. The van der Waals surface area contributed by atoms with Gasteiger partial charge in [0.2, 0.25) is 0 Å². The summed E-state index contributed by atoms with van der Waals surface area (Å²) in [5.41, 5.74) is 7.04. The second kappa shape index (κ2) is 9.26. The quantitative estimate of drug-likeness (QED) is 0.277. The molecule has 0 bridgehead atoms. The van der Waals surface area contributed by atoms with Crippen LogP contribution in [0.15, 0.2) is 60.7 Å². The number of hydrogen-bond donors (Lipinski definition) is 3. The van der Waals surface area contributed by atoms with Crippen LogP contribution < -0.4 is 9.64 Å². The van der Waals surface area contributed by atoms with E-state index >= 15 is 0 Å². The van der Waals surface area contributed by atoms with Gasteiger partial charge in [-0.2, -0.15) is 0 Å². The minimum absolute atomic E-state index is 0.118. The van der Waals surface area contributed by atoms with E-state index in [1.165, 1.54) is 0 Å². The van der Waals surface area contributed by atoms with Crippen LogP contribution in [0.25, 0.3) is 0 Å². The van der Waals surface area contributed by atoms with Crippen molar-refractivity contribution in [2.75, 3.05) is 4.90 Å². The van der Waals surface area contributed by atoms with E-state index in [1.807, 2.05) is 88.9 Å². The van der Waals surface area contributed by atoms with E-state index in [0.717, 1.165) is 27.8 Å². The largest absolute Gasteiger partial charge is 0.508 e. The van der Waals surface area contributed by atoms with Crippen LogP contribution in [0.5, 0.6) is 28.7 Å². The topological polar surface area (TPSA) is 73.2 Å². The van der Waals surface area contributed by atoms with E-state index in [2.05, 4.69) is 0 Å². The maximum atomic E-state index is 11.0. The summed E-state index contributed by atoms with van der Waals surface area (Å²) in [4.78, 5) is 1.86. The van der Waals surface area contributed by atoms with Gasteiger partial charge in [-0.25, -0.2) is 0 Å². The Hall–Kier alpha value is -4.12. The van der Waals surface area contributed by atoms with Crippen LogP contribution in [0.2, 0.25) is 0 Å². The van der Waals surface area contributed by atoms with Gasteiger partial charge in [-0.15, -0.1) is 0 Å². The summed E-state index contributed by atoms with van der Waals surface area (Å²) in [6.45, 7) is 11.5. The van der Waals surface area contributed by atoms with E-state index in [-0.39, 0.29) is 17.2 Å². The summed E-state index contributed by atoms with van der Waals surface area (Å²) >= 11 is 0. The molecule has 0 spiro atoms. The Labute approximate surface area is 206 Å². The number of nitrogens with zero attached hydrogens (tertiary/aromatic N) is 1. The zero-order valence-corrected chi connectivity index (χ0v) is 21.0. The third-order valence-electron chi connectivity index (χ3n) is 6.08. The van der Waals surface area contributed by atoms with E-state index in [4.69, 9.17) is 4.74 Å². The fourth-order valence-corrected chi connectivity index (χ4v) is 4.55. The van der Waals surface area contributed by atoms with Crippen LogP contribution in [-0.4, -0.2) is 15.3 Å². The Morgan fingerprint density at radius 3 is 1.66 bits per heavy atom. The van der Waals surface area contributed by atoms with Crippen molar-refractivity contribution < 1.29 is 20.1 Å². The van der Waals surface area contributed by atoms with Crippen molar-refractivity contribution in [3.63, 3.8) is 0 Å². The highest BCUT2D eigenvalue weighted by molar-refractivity contribution is 5.86. The molecule has 0 aliphatic heterocycles. The number of aromatic hydroxyl groups is 3. The standard InChI is InChI=1S/C30H31NO4/c1-17-10-20(4)29(26(33)13-17)31(30-21(5)11-18(2)14-27(30)34)23-8-7-9-24(16-23)35-28-15-19(3)12-25(32)22(28)6/h7-16,32-34H,1-6H3. The highest BCUT2D eigenvalue weighted by Crippen LogP contribution is 2.48. The van der Waals surface area contributed by atoms with Crippen molar-refractivity contribution in [3.05, 3.63) is 94.0 Å². The molecule has 0 fully saturated rings. The fraction of sp³-hybridized carbons (Fsp3) is 0.200. The summed E-state index contributed by atoms with van der Waals surface area (Å²) in [6, 6.07) is 18.5. The maximum Gasteiger partial charge on any atom is 0.140 e. The van der Waals surface area contributed by atoms with Crippen molar-refractivity contribution in [2.24, 2.45) is 0 Å². The Kier molecular flexibility index (Phi) is 6.35. The van der Waals surface area contributed by atoms with Crippen molar-refractivity contribution >= 4 is 17.1 Å². The molecule has 5 heteroatoms. The smallest absolute Gasteiger partial charge is 0.140 e. The van der Waals surface area contributed by atoms with Crippen LogP contribution in [0, 0.1) is 41.5 Å². The van der Waals surface area contributed by atoms with Gasteiger partial charge >= 0.3 is 0 Å². The van der Waals surface area contributed by atoms with E-state index < -0.39 is 0 Å². The average Bonchev–Trinajstić information content (AvgIpc) is 2.75. The molecule has 3 N–H and O–H groups in total. The first-order chi connectivity index (χ1) is 16.5. The second-order valence-electron chi connectivity index (χ2n) is 9.24. The normalized spacial score (nSPS) is 10.9. The Morgan fingerprint density at radius 1 is 0.600 bits per heavy atom. The number of ether oxygens (including phenoxy) is 1. The van der Waals surface area contributed by atoms with E-state index in [0.29, 0.717) is 34.1 Å². The molecule has 4 aromatic carbocycles. The summed E-state index contributed by atoms with van der Waals surface area (Å²) in [7, 11) is 0. The Balaban J connectivity index is 1.91. The van der Waals surface area contributed by atoms with Crippen LogP contribution in [0.4, 0.5) is 17.1 Å². The second-order valence-corrected chi connectivity index (χ2v) is 9.24. The number of hydrogen-bond acceptors (Lipinski definition) is 5. The molecule has 0 radical (unpaired) electrons. The van der Waals surface area contributed by atoms with Gasteiger partial charge in [0, 0.05) is 11.6 Å². The SMILES string of the molecule is Cc1cc(C)c(N(c2cccc(Oc3cc(C)cc(O)c3C)c2)c2c(C)cc(C)cc2O)c(O)c1. The van der Waals surface area contributed by atoms with Crippen molar-refractivity contribution in [1.29, 1.82) is 0 Å². The van der Waals surface area contributed by atoms with Crippen LogP contribution in [0.3, 0.4) is 0 Å². The number of phenols is 3. The lowest BCUT2D eigenvalue weighted by molar-refractivity contribution is 0.447. The van der Waals surface area contributed by atoms with Crippen LogP contribution in [-0.2, 0) is 0 Å². The first-order valence-electron chi connectivity index (χ1n) is 11.5. The molecule has 0 atom stereocenters. The fourth-order valence-electron chi connectivity index (χ4n) is 4.55. The zero-order valence-electron chi connectivity index (χ0n) is 21.0. The van der Waals surface area contributed by atoms with Crippen molar-refractivity contribution in [2.45, 2.75) is 41.5 Å². The molecule has 35 heavy (non-hydrogen) atoms. The predicted octanol–water partition coefficient (Wildman–Crippen LogP) is 7.92. The first kappa shape index (κ1) is 24.0. The predicted molar refractivity (Wildman–Crippen MR) is 141 cm³/mol. The van der Waals surface area contributed by atoms with Gasteiger partial charge in [-0.3, -0.25) is 0 Å². The lowest BCUT2D eigenvalue weighted by Crippen LogP contribution is -2.13. The molecule has 0 aliphatic rings. The molecule has 4 aromatic rings. The number of anilines is 3. The minimum Gasteiger partial charge on any atom is -0.508 e. The number of aryl methyl sites for hydroxylation is 5. The van der Waals surface area contributed by atoms with Gasteiger partial charge < -0.3 is 25.0 Å². The summed E-state index contributed by atoms with van der Waals surface area (Å²) in [6.07, 6.45) is 0. The third kappa shape index (κ3) is 4.76. The summed E-state index contributed by atoms with van der Waals surface area (Å²) in [5, 5.41) is 32.3. The highest BCUT2D eigenvalue weighted by Gasteiger charge is 2.24. The molecule has 4 rings (SSSR count). The molecule has 0 unspecified atom stereocenters. The number of phenolic OH excluding ortho intramolecular Hbond substituents is 3. The Morgan fingerprint density at radius 2 is 1.11 bits per heavy atom. The first-order valence-corrected chi connectivity index (χ1v) is 11.5. The van der Waals surface area contributed by atoms with Crippen molar-refractivity contribution in [3.8, 4) is 28.7 Å². The molecule has 0 aromatic heterocycles. The molecular formula is C30H31NO4. The molecule has 5 nitrogen and oxygen atoms in total. The lowest BCUT2D eigenvalue weighted by atomic mass is 10.0. The zero-order chi connectivity index (χ0) is 25.4. The van der Waals surface area contributed by atoms with Gasteiger partial charge in [-0.1, -0.05) is 18.2 Å². The van der Waals surface area contributed by atoms with Gasteiger partial charge in [0.15, 0.2) is 0 Å². The molecule has 0 saturated heterocycles. The van der Waals surface area contributed by atoms with Crippen molar-refractivity contribution in [1.82, 2.24) is 0 Å². The molecule has 0 aliphatic carbocycles. The van der Waals surface area contributed by atoms with Gasteiger partial charge in [0.1, 0.15) is 28.7 Å². The Bertz CT molecular complexity index is 1320. The van der Waals surface area contributed by atoms with Crippen LogP contribution >= 0.6 is 0 Å². The molecule has 0 saturated carbocycles. The minimum atomic E-state index is 0.118. The van der Waals surface area contributed by atoms with Crippen LogP contribution in [0.1, 0.15) is 33.4 Å². The van der Waals surface area contributed by atoms with E-state index in [1.54, 1.807) is 18.2 Å². The molecular weight excluding hydrogens is 438 g/mol. The maximum absolute atomic E-state index is 11.0. The molecule has 180 valence electrons. The average molecular weight is 470 g/mol. The van der Waals surface area contributed by atoms with E-state index in [9.17, 15) is 15.3 Å². The van der Waals surface area contributed by atoms with Gasteiger partial charge in [0.05, 0.1) is 17.1 Å². The highest BCUT2D eigenvalue weighted by atomic mass is 16.5.